The van der Waals surface area contributed by atoms with Crippen molar-refractivity contribution in [3.8, 4) is 0 Å². The Morgan fingerprint density at radius 2 is 1.80 bits per heavy atom. The first-order valence-electron chi connectivity index (χ1n) is 9.73. The molecule has 1 N–H and O–H groups in total. The van der Waals surface area contributed by atoms with E-state index in [0.29, 0.717) is 5.02 Å². The number of carbonyl (C=O) groups is 1. The highest BCUT2D eigenvalue weighted by Crippen LogP contribution is 2.21. The molecule has 0 radical (unpaired) electrons. The van der Waals surface area contributed by atoms with Gasteiger partial charge in [0, 0.05) is 23.2 Å². The molecule has 162 valence electrons. The summed E-state index contributed by atoms with van der Waals surface area (Å²) in [5, 5.41) is 3.31. The first-order valence-corrected chi connectivity index (χ1v) is 11.5. The summed E-state index contributed by atoms with van der Waals surface area (Å²) < 4.78 is 41.6. The maximum Gasteiger partial charge on any atom is 0.243 e. The normalized spacial score (nSPS) is 16.0. The largest absolute Gasteiger partial charge is 0.352 e. The number of hydrogen-bond acceptors (Lipinski definition) is 4. The number of nitrogens with zero attached hydrogens (tertiary/aromatic N) is 2. The van der Waals surface area contributed by atoms with Crippen LogP contribution in [0.4, 0.5) is 4.39 Å². The molecule has 0 spiro atoms. The van der Waals surface area contributed by atoms with Gasteiger partial charge in [0.1, 0.15) is 5.82 Å². The summed E-state index contributed by atoms with van der Waals surface area (Å²) >= 11 is 5.87. The number of amides is 1. The van der Waals surface area contributed by atoms with Crippen LogP contribution in [-0.4, -0.2) is 56.3 Å². The van der Waals surface area contributed by atoms with Gasteiger partial charge >= 0.3 is 0 Å². The number of sulfonamides is 1. The van der Waals surface area contributed by atoms with Crippen LogP contribution in [0.15, 0.2) is 53.4 Å². The van der Waals surface area contributed by atoms with Gasteiger partial charge in [0.2, 0.25) is 15.9 Å². The second-order valence-electron chi connectivity index (χ2n) is 7.46. The van der Waals surface area contributed by atoms with E-state index in [0.717, 1.165) is 30.2 Å². The van der Waals surface area contributed by atoms with Gasteiger partial charge in [0.05, 0.1) is 11.4 Å². The lowest BCUT2D eigenvalue weighted by molar-refractivity contribution is -0.122. The minimum absolute atomic E-state index is 0.00208. The summed E-state index contributed by atoms with van der Waals surface area (Å²) in [5.41, 5.74) is 0.196. The molecule has 0 saturated carbocycles. The second kappa shape index (κ2) is 9.87. The third kappa shape index (κ3) is 5.78. The average Bonchev–Trinajstić information content (AvgIpc) is 2.71. The topological polar surface area (TPSA) is 69.7 Å². The molecule has 30 heavy (non-hydrogen) atoms. The lowest BCUT2D eigenvalue weighted by atomic mass is 10.1. The summed E-state index contributed by atoms with van der Waals surface area (Å²) in [6.45, 7) is 1.09. The average molecular weight is 454 g/mol. The van der Waals surface area contributed by atoms with E-state index in [1.807, 2.05) is 7.05 Å². The number of hydrogen-bond donors (Lipinski definition) is 1. The molecule has 9 heteroatoms. The number of nitrogens with one attached hydrogen (secondary N) is 1. The minimum atomic E-state index is -4.04. The van der Waals surface area contributed by atoms with Crippen LogP contribution >= 0.6 is 11.6 Å². The molecule has 1 fully saturated rings. The number of likely N-dealkylation sites (tertiary alicyclic amines) is 1. The zero-order valence-electron chi connectivity index (χ0n) is 16.7. The molecule has 1 amide bonds. The van der Waals surface area contributed by atoms with Crippen LogP contribution in [0.2, 0.25) is 5.02 Å². The summed E-state index contributed by atoms with van der Waals surface area (Å²) in [6, 6.07) is 11.6. The summed E-state index contributed by atoms with van der Waals surface area (Å²) in [5.74, 6) is -0.928. The highest BCUT2D eigenvalue weighted by molar-refractivity contribution is 7.89. The molecule has 2 aromatic rings. The van der Waals surface area contributed by atoms with Crippen LogP contribution in [0.3, 0.4) is 0 Å². The number of piperidine rings is 1. The van der Waals surface area contributed by atoms with Crippen molar-refractivity contribution < 1.29 is 17.6 Å². The van der Waals surface area contributed by atoms with Crippen LogP contribution in [0.1, 0.15) is 18.4 Å². The van der Waals surface area contributed by atoms with Crippen LogP contribution in [0.5, 0.6) is 0 Å². The first kappa shape index (κ1) is 22.7. The van der Waals surface area contributed by atoms with Crippen LogP contribution in [-0.2, 0) is 21.4 Å². The lowest BCUT2D eigenvalue weighted by Gasteiger charge is -2.30. The Labute approximate surface area is 181 Å². The Morgan fingerprint density at radius 3 is 2.43 bits per heavy atom. The molecule has 0 bridgehead atoms. The van der Waals surface area contributed by atoms with Gasteiger partial charge in [0.25, 0.3) is 0 Å². The fraction of sp³-hybridized carbons (Fsp3) is 0.381. The first-order chi connectivity index (χ1) is 14.3. The molecule has 6 nitrogen and oxygen atoms in total. The van der Waals surface area contributed by atoms with E-state index in [9.17, 15) is 17.6 Å². The maximum absolute atomic E-state index is 14.2. The van der Waals surface area contributed by atoms with Crippen LogP contribution in [0.25, 0.3) is 0 Å². The Balaban J connectivity index is 1.81. The van der Waals surface area contributed by atoms with Crippen molar-refractivity contribution in [1.29, 1.82) is 0 Å². The molecule has 3 rings (SSSR count). The van der Waals surface area contributed by atoms with E-state index in [1.165, 1.54) is 42.5 Å². The predicted octanol–water partition coefficient (Wildman–Crippen LogP) is 2.88. The lowest BCUT2D eigenvalue weighted by Crippen LogP contribution is -2.47. The van der Waals surface area contributed by atoms with Gasteiger partial charge in [-0.15, -0.1) is 0 Å². The van der Waals surface area contributed by atoms with E-state index < -0.39 is 28.3 Å². The van der Waals surface area contributed by atoms with Gasteiger partial charge in [0.15, 0.2) is 0 Å². The SMILES string of the molecule is CN1CCC(NC(=O)CN(Cc2ccccc2F)S(=O)(=O)c2ccc(Cl)cc2)CC1. The third-order valence-corrected chi connectivity index (χ3v) is 7.22. The van der Waals surface area contributed by atoms with Crippen molar-refractivity contribution in [3.05, 3.63) is 64.9 Å². The van der Waals surface area contributed by atoms with Crippen molar-refractivity contribution in [2.45, 2.75) is 30.3 Å². The van der Waals surface area contributed by atoms with Gasteiger partial charge in [-0.2, -0.15) is 4.31 Å². The minimum Gasteiger partial charge on any atom is -0.352 e. The molecule has 2 aromatic carbocycles. The van der Waals surface area contributed by atoms with Crippen LogP contribution < -0.4 is 5.32 Å². The molecule has 0 aliphatic carbocycles. The standard InChI is InChI=1S/C21H25ClFN3O3S/c1-25-12-10-18(11-13-25)24-21(27)15-26(14-16-4-2-3-5-20(16)23)30(28,29)19-8-6-17(22)7-9-19/h2-9,18H,10-15H2,1H3,(H,24,27). The number of benzene rings is 2. The van der Waals surface area contributed by atoms with E-state index in [-0.39, 0.29) is 23.0 Å². The Hall–Kier alpha value is -2.00. The van der Waals surface area contributed by atoms with Crippen LogP contribution in [0, 0.1) is 5.82 Å². The van der Waals surface area contributed by atoms with Crippen molar-refractivity contribution in [1.82, 2.24) is 14.5 Å². The van der Waals surface area contributed by atoms with Gasteiger partial charge in [-0.05, 0) is 63.3 Å². The van der Waals surface area contributed by atoms with Crippen molar-refractivity contribution in [2.24, 2.45) is 0 Å². The van der Waals surface area contributed by atoms with Gasteiger partial charge in [-0.1, -0.05) is 29.8 Å². The van der Waals surface area contributed by atoms with Crippen molar-refractivity contribution in [2.75, 3.05) is 26.7 Å². The smallest absolute Gasteiger partial charge is 0.243 e. The monoisotopic (exact) mass is 453 g/mol. The summed E-state index contributed by atoms with van der Waals surface area (Å²) in [7, 11) is -2.02. The zero-order chi connectivity index (χ0) is 21.7. The molecular formula is C21H25ClFN3O3S. The number of halogens is 2. The maximum atomic E-state index is 14.2. The van der Waals surface area contributed by atoms with E-state index in [4.69, 9.17) is 11.6 Å². The number of rotatable bonds is 7. The van der Waals surface area contributed by atoms with E-state index in [1.54, 1.807) is 6.07 Å². The fourth-order valence-electron chi connectivity index (χ4n) is 3.38. The molecule has 1 aliphatic rings. The van der Waals surface area contributed by atoms with E-state index >= 15 is 0 Å². The zero-order valence-corrected chi connectivity index (χ0v) is 18.3. The molecular weight excluding hydrogens is 429 g/mol. The van der Waals surface area contributed by atoms with Gasteiger partial charge in [-0.25, -0.2) is 12.8 Å². The molecule has 0 unspecified atom stereocenters. The van der Waals surface area contributed by atoms with Crippen molar-refractivity contribution >= 4 is 27.5 Å². The summed E-state index contributed by atoms with van der Waals surface area (Å²) in [6.07, 6.45) is 1.61. The highest BCUT2D eigenvalue weighted by Gasteiger charge is 2.29. The highest BCUT2D eigenvalue weighted by atomic mass is 35.5. The van der Waals surface area contributed by atoms with E-state index in [2.05, 4.69) is 10.2 Å². The molecule has 0 aromatic heterocycles. The second-order valence-corrected chi connectivity index (χ2v) is 9.84. The van der Waals surface area contributed by atoms with Gasteiger partial charge < -0.3 is 10.2 Å². The number of carbonyl (C=O) groups excluding carboxylic acids is 1. The molecule has 1 saturated heterocycles. The molecule has 0 atom stereocenters. The quantitative estimate of drug-likeness (QED) is 0.699. The Kier molecular flexibility index (Phi) is 7.46. The Bertz CT molecular complexity index is 977. The van der Waals surface area contributed by atoms with Gasteiger partial charge in [-0.3, -0.25) is 4.79 Å². The predicted molar refractivity (Wildman–Crippen MR) is 114 cm³/mol. The third-order valence-electron chi connectivity index (χ3n) is 5.16. The summed E-state index contributed by atoms with van der Waals surface area (Å²) in [4.78, 5) is 14.8. The molecule has 1 heterocycles. The molecule has 1 aliphatic heterocycles. The van der Waals surface area contributed by atoms with Crippen molar-refractivity contribution in [3.63, 3.8) is 0 Å². The Morgan fingerprint density at radius 1 is 1.17 bits per heavy atom. The fourth-order valence-corrected chi connectivity index (χ4v) is 4.88.